The van der Waals surface area contributed by atoms with Crippen molar-refractivity contribution in [2.45, 2.75) is 63.9 Å². The fourth-order valence-electron chi connectivity index (χ4n) is 1.95. The van der Waals surface area contributed by atoms with Crippen molar-refractivity contribution >= 4 is 17.7 Å². The lowest BCUT2D eigenvalue weighted by atomic mass is 9.82. The quantitative estimate of drug-likeness (QED) is 0.686. The van der Waals surface area contributed by atoms with Crippen LogP contribution in [0.15, 0.2) is 4.52 Å². The number of aromatic nitrogens is 2. The predicted molar refractivity (Wildman–Crippen MR) is 79.6 cm³/mol. The van der Waals surface area contributed by atoms with Gasteiger partial charge in [-0.25, -0.2) is 0 Å². The average molecular weight is 300 g/mol. The van der Waals surface area contributed by atoms with Gasteiger partial charge in [0.1, 0.15) is 5.41 Å². The molecule has 0 bridgehead atoms. The highest BCUT2D eigenvalue weighted by Crippen LogP contribution is 2.32. The molecule has 1 rings (SSSR count). The second kappa shape index (κ2) is 7.67. The second-order valence-electron chi connectivity index (χ2n) is 4.89. The number of thioether (sulfide) groups is 1. The standard InChI is InChI=1S/C14H24N2O3S/c1-6-14(7-2,13(17)18-8-3)12-15-11(16-19-12)9-20-10(4)5/h10H,6-9H2,1-5H3. The zero-order chi connectivity index (χ0) is 15.2. The molecule has 0 aromatic carbocycles. The largest absolute Gasteiger partial charge is 0.465 e. The minimum Gasteiger partial charge on any atom is -0.465 e. The Kier molecular flexibility index (Phi) is 6.52. The van der Waals surface area contributed by atoms with Gasteiger partial charge in [-0.3, -0.25) is 4.79 Å². The first-order valence-corrected chi connectivity index (χ1v) is 8.16. The van der Waals surface area contributed by atoms with Crippen molar-refractivity contribution in [3.8, 4) is 0 Å². The minimum atomic E-state index is -0.816. The molecule has 1 aromatic rings. The van der Waals surface area contributed by atoms with E-state index in [2.05, 4.69) is 24.0 Å². The Hall–Kier alpha value is -1.04. The van der Waals surface area contributed by atoms with Gasteiger partial charge < -0.3 is 9.26 Å². The van der Waals surface area contributed by atoms with E-state index in [0.29, 0.717) is 42.2 Å². The monoisotopic (exact) mass is 300 g/mol. The van der Waals surface area contributed by atoms with Gasteiger partial charge in [-0.05, 0) is 25.0 Å². The Labute approximate surface area is 124 Å². The molecule has 0 aliphatic carbocycles. The maximum Gasteiger partial charge on any atom is 0.321 e. The van der Waals surface area contributed by atoms with Crippen LogP contribution in [0.1, 0.15) is 59.2 Å². The van der Waals surface area contributed by atoms with E-state index in [4.69, 9.17) is 9.26 Å². The summed E-state index contributed by atoms with van der Waals surface area (Å²) in [7, 11) is 0. The van der Waals surface area contributed by atoms with Gasteiger partial charge in [-0.2, -0.15) is 16.7 Å². The van der Waals surface area contributed by atoms with Gasteiger partial charge in [0.25, 0.3) is 0 Å². The van der Waals surface area contributed by atoms with Crippen LogP contribution < -0.4 is 0 Å². The van der Waals surface area contributed by atoms with Crippen molar-refractivity contribution in [3.05, 3.63) is 11.7 Å². The lowest BCUT2D eigenvalue weighted by Crippen LogP contribution is -2.36. The summed E-state index contributed by atoms with van der Waals surface area (Å²) < 4.78 is 10.5. The zero-order valence-electron chi connectivity index (χ0n) is 12.9. The van der Waals surface area contributed by atoms with E-state index in [1.54, 1.807) is 18.7 Å². The van der Waals surface area contributed by atoms with Crippen molar-refractivity contribution in [3.63, 3.8) is 0 Å². The maximum atomic E-state index is 12.2. The Balaban J connectivity index is 2.95. The summed E-state index contributed by atoms with van der Waals surface area (Å²) in [5.74, 6) is 1.42. The van der Waals surface area contributed by atoms with Crippen LogP contribution in [0.4, 0.5) is 0 Å². The molecule has 20 heavy (non-hydrogen) atoms. The number of carbonyl (C=O) groups excluding carboxylic acids is 1. The molecular formula is C14H24N2O3S. The molecule has 0 aliphatic rings. The summed E-state index contributed by atoms with van der Waals surface area (Å²) in [5, 5.41) is 4.48. The van der Waals surface area contributed by atoms with Crippen LogP contribution in [0.2, 0.25) is 0 Å². The van der Waals surface area contributed by atoms with Crippen LogP contribution in [0.3, 0.4) is 0 Å². The predicted octanol–water partition coefficient (Wildman–Crippen LogP) is 3.33. The Morgan fingerprint density at radius 1 is 1.35 bits per heavy atom. The lowest BCUT2D eigenvalue weighted by molar-refractivity contribution is -0.151. The third-order valence-electron chi connectivity index (χ3n) is 3.30. The van der Waals surface area contributed by atoms with E-state index >= 15 is 0 Å². The normalized spacial score (nSPS) is 11.9. The van der Waals surface area contributed by atoms with Crippen LogP contribution in [0, 0.1) is 0 Å². The Morgan fingerprint density at radius 2 is 2.00 bits per heavy atom. The van der Waals surface area contributed by atoms with E-state index < -0.39 is 5.41 Å². The number of carbonyl (C=O) groups is 1. The molecule has 6 heteroatoms. The molecular weight excluding hydrogens is 276 g/mol. The van der Waals surface area contributed by atoms with Gasteiger partial charge in [0, 0.05) is 0 Å². The smallest absolute Gasteiger partial charge is 0.321 e. The summed E-state index contributed by atoms with van der Waals surface area (Å²) in [4.78, 5) is 16.6. The van der Waals surface area contributed by atoms with Gasteiger partial charge in [0.05, 0.1) is 12.4 Å². The molecule has 0 atom stereocenters. The molecule has 1 aromatic heterocycles. The number of ether oxygens (including phenoxy) is 1. The molecule has 0 saturated carbocycles. The highest BCUT2D eigenvalue weighted by atomic mass is 32.2. The molecule has 0 fully saturated rings. The summed E-state index contributed by atoms with van der Waals surface area (Å²) in [6.07, 6.45) is 1.17. The highest BCUT2D eigenvalue weighted by Gasteiger charge is 2.43. The zero-order valence-corrected chi connectivity index (χ0v) is 13.7. The van der Waals surface area contributed by atoms with E-state index in [1.807, 2.05) is 13.8 Å². The first kappa shape index (κ1) is 17.0. The molecule has 0 radical (unpaired) electrons. The maximum absolute atomic E-state index is 12.2. The molecule has 5 nitrogen and oxygen atoms in total. The number of hydrogen-bond acceptors (Lipinski definition) is 6. The molecule has 0 N–H and O–H groups in total. The molecule has 114 valence electrons. The van der Waals surface area contributed by atoms with Gasteiger partial charge in [-0.15, -0.1) is 0 Å². The topological polar surface area (TPSA) is 65.2 Å². The van der Waals surface area contributed by atoms with Crippen LogP contribution in [0.5, 0.6) is 0 Å². The average Bonchev–Trinajstić information content (AvgIpc) is 2.88. The fraction of sp³-hybridized carbons (Fsp3) is 0.786. The van der Waals surface area contributed by atoms with E-state index in [0.717, 1.165) is 0 Å². The van der Waals surface area contributed by atoms with Crippen LogP contribution >= 0.6 is 11.8 Å². The molecule has 0 saturated heterocycles. The molecule has 0 aliphatic heterocycles. The molecule has 0 unspecified atom stereocenters. The second-order valence-corrected chi connectivity index (χ2v) is 6.45. The van der Waals surface area contributed by atoms with Crippen LogP contribution in [-0.4, -0.2) is 28.0 Å². The van der Waals surface area contributed by atoms with E-state index in [9.17, 15) is 4.79 Å². The number of rotatable bonds is 8. The minimum absolute atomic E-state index is 0.281. The van der Waals surface area contributed by atoms with Gasteiger partial charge >= 0.3 is 5.97 Å². The first-order chi connectivity index (χ1) is 9.50. The van der Waals surface area contributed by atoms with Crippen LogP contribution in [0.25, 0.3) is 0 Å². The molecule has 1 heterocycles. The van der Waals surface area contributed by atoms with Crippen LogP contribution in [-0.2, 0) is 20.7 Å². The fourth-order valence-corrected chi connectivity index (χ4v) is 2.55. The number of esters is 1. The van der Waals surface area contributed by atoms with Crippen molar-refractivity contribution in [2.75, 3.05) is 6.61 Å². The number of nitrogens with zero attached hydrogens (tertiary/aromatic N) is 2. The van der Waals surface area contributed by atoms with Crippen molar-refractivity contribution in [1.82, 2.24) is 10.1 Å². The van der Waals surface area contributed by atoms with Gasteiger partial charge in [-0.1, -0.05) is 32.9 Å². The van der Waals surface area contributed by atoms with E-state index in [-0.39, 0.29) is 5.97 Å². The summed E-state index contributed by atoms with van der Waals surface area (Å²) in [6.45, 7) is 10.3. The van der Waals surface area contributed by atoms with Crippen molar-refractivity contribution < 1.29 is 14.1 Å². The Morgan fingerprint density at radius 3 is 2.50 bits per heavy atom. The van der Waals surface area contributed by atoms with Crippen molar-refractivity contribution in [1.29, 1.82) is 0 Å². The lowest BCUT2D eigenvalue weighted by Gasteiger charge is -2.24. The summed E-state index contributed by atoms with van der Waals surface area (Å²) in [6, 6.07) is 0. The van der Waals surface area contributed by atoms with Gasteiger partial charge in [0.2, 0.25) is 5.89 Å². The van der Waals surface area contributed by atoms with Crippen molar-refractivity contribution in [2.24, 2.45) is 0 Å². The van der Waals surface area contributed by atoms with E-state index in [1.165, 1.54) is 0 Å². The third-order valence-corrected chi connectivity index (χ3v) is 4.39. The SMILES string of the molecule is CCOC(=O)C(CC)(CC)c1nc(CSC(C)C)no1. The molecule has 0 spiro atoms. The molecule has 0 amide bonds. The number of hydrogen-bond donors (Lipinski definition) is 0. The third kappa shape index (κ3) is 3.75. The van der Waals surface area contributed by atoms with Gasteiger partial charge in [0.15, 0.2) is 5.82 Å². The summed E-state index contributed by atoms with van der Waals surface area (Å²) >= 11 is 1.74. The summed E-state index contributed by atoms with van der Waals surface area (Å²) in [5.41, 5.74) is -0.816. The first-order valence-electron chi connectivity index (χ1n) is 7.12. The Bertz CT molecular complexity index is 428. The highest BCUT2D eigenvalue weighted by molar-refractivity contribution is 7.99.